The van der Waals surface area contributed by atoms with Gasteiger partial charge in [-0.05, 0) is 38.1 Å². The summed E-state index contributed by atoms with van der Waals surface area (Å²) in [5, 5.41) is 0. The molecule has 0 saturated heterocycles. The second kappa shape index (κ2) is 5.52. The maximum Gasteiger partial charge on any atom is 0.171 e. The minimum Gasteiger partial charge on any atom is -0.203 e. The summed E-state index contributed by atoms with van der Waals surface area (Å²) in [6, 6.07) is 6.20. The number of hydrogen-bond acceptors (Lipinski definition) is 2. The minimum absolute atomic E-state index is 0.166. The van der Waals surface area contributed by atoms with Crippen molar-refractivity contribution in [3.63, 3.8) is 0 Å². The van der Waals surface area contributed by atoms with Crippen LogP contribution in [-0.2, 0) is 0 Å². The van der Waals surface area contributed by atoms with Crippen molar-refractivity contribution in [3.05, 3.63) is 57.3 Å². The average molecular weight is 342 g/mol. The molecular weight excluding hydrogens is 332 g/mol. The lowest BCUT2D eigenvalue weighted by Crippen LogP contribution is -2.02. The Morgan fingerprint density at radius 2 is 0.909 bits per heavy atom. The molecule has 0 aliphatic carbocycles. The van der Waals surface area contributed by atoms with Gasteiger partial charge in [0.15, 0.2) is 23.3 Å². The Labute approximate surface area is 132 Å². The summed E-state index contributed by atoms with van der Waals surface area (Å²) in [7, 11) is 0. The largest absolute Gasteiger partial charge is 0.203 e. The Balaban J connectivity index is 2.29. The van der Waals surface area contributed by atoms with Crippen LogP contribution in [0.1, 0.15) is 9.75 Å². The molecule has 3 rings (SSSR count). The van der Waals surface area contributed by atoms with E-state index in [1.54, 1.807) is 26.0 Å². The van der Waals surface area contributed by atoms with Crippen molar-refractivity contribution in [1.82, 2.24) is 0 Å². The molecule has 0 spiro atoms. The highest BCUT2D eigenvalue weighted by molar-refractivity contribution is 7.15. The third-order valence-corrected chi connectivity index (χ3v) is 5.27. The van der Waals surface area contributed by atoms with E-state index in [2.05, 4.69) is 0 Å². The quantitative estimate of drug-likeness (QED) is 0.378. The molecule has 0 bridgehead atoms. The molecule has 0 radical (unpaired) electrons. The van der Waals surface area contributed by atoms with E-state index in [1.165, 1.54) is 12.1 Å². The lowest BCUT2D eigenvalue weighted by atomic mass is 10.1. The van der Waals surface area contributed by atoms with Crippen LogP contribution >= 0.6 is 22.7 Å². The first-order valence-electron chi connectivity index (χ1n) is 6.39. The standard InChI is InChI=1S/C16H10F4S2/c1-7-3-5-9(21-7)11-13(17)15(19)12(16(20)14(11)18)10-6-4-8(2)22-10/h3-6H,1-2H3. The summed E-state index contributed by atoms with van der Waals surface area (Å²) in [6.45, 7) is 3.50. The van der Waals surface area contributed by atoms with Gasteiger partial charge in [-0.2, -0.15) is 0 Å². The maximum absolute atomic E-state index is 14.3. The summed E-state index contributed by atoms with van der Waals surface area (Å²) in [5.41, 5.74) is -1.30. The Hall–Kier alpha value is -1.66. The first-order valence-corrected chi connectivity index (χ1v) is 8.03. The van der Waals surface area contributed by atoms with Crippen LogP contribution in [0.25, 0.3) is 20.9 Å². The normalized spacial score (nSPS) is 11.2. The molecule has 0 nitrogen and oxygen atoms in total. The molecule has 2 heterocycles. The molecule has 0 N–H and O–H groups in total. The van der Waals surface area contributed by atoms with Crippen molar-refractivity contribution in [2.24, 2.45) is 0 Å². The molecule has 0 saturated carbocycles. The fraction of sp³-hybridized carbons (Fsp3) is 0.125. The van der Waals surface area contributed by atoms with Gasteiger partial charge in [-0.1, -0.05) is 0 Å². The zero-order valence-electron chi connectivity index (χ0n) is 11.6. The molecule has 3 aromatic rings. The molecule has 22 heavy (non-hydrogen) atoms. The first-order chi connectivity index (χ1) is 10.4. The number of halogens is 4. The Kier molecular flexibility index (Phi) is 3.82. The van der Waals surface area contributed by atoms with E-state index < -0.39 is 34.4 Å². The predicted molar refractivity (Wildman–Crippen MR) is 82.4 cm³/mol. The summed E-state index contributed by atoms with van der Waals surface area (Å²) >= 11 is 2.16. The fourth-order valence-electron chi connectivity index (χ4n) is 2.20. The lowest BCUT2D eigenvalue weighted by molar-refractivity contribution is 0.463. The fourth-order valence-corrected chi connectivity index (χ4v) is 4.00. The molecule has 0 atom stereocenters. The molecule has 0 aliphatic heterocycles. The third-order valence-electron chi connectivity index (χ3n) is 3.24. The molecule has 0 fully saturated rings. The smallest absolute Gasteiger partial charge is 0.171 e. The van der Waals surface area contributed by atoms with Crippen LogP contribution in [0.5, 0.6) is 0 Å². The second-order valence-electron chi connectivity index (χ2n) is 4.83. The summed E-state index contributed by atoms with van der Waals surface area (Å²) in [5.74, 6) is -5.44. The van der Waals surface area contributed by atoms with E-state index >= 15 is 0 Å². The molecule has 0 aliphatic rings. The van der Waals surface area contributed by atoms with Gasteiger partial charge in [0.05, 0.1) is 11.1 Å². The Bertz CT molecular complexity index is 761. The summed E-state index contributed by atoms with van der Waals surface area (Å²) in [4.78, 5) is 1.93. The monoisotopic (exact) mass is 342 g/mol. The van der Waals surface area contributed by atoms with Gasteiger partial charge in [0.1, 0.15) is 0 Å². The van der Waals surface area contributed by atoms with Gasteiger partial charge in [0, 0.05) is 19.5 Å². The zero-order valence-corrected chi connectivity index (χ0v) is 13.3. The molecule has 1 aromatic carbocycles. The van der Waals surface area contributed by atoms with E-state index in [4.69, 9.17) is 0 Å². The van der Waals surface area contributed by atoms with Crippen molar-refractivity contribution in [3.8, 4) is 20.9 Å². The van der Waals surface area contributed by atoms with Gasteiger partial charge in [0.25, 0.3) is 0 Å². The summed E-state index contributed by atoms with van der Waals surface area (Å²) in [6.07, 6.45) is 0. The van der Waals surface area contributed by atoms with Crippen molar-refractivity contribution >= 4 is 22.7 Å². The number of benzene rings is 1. The van der Waals surface area contributed by atoms with Crippen LogP contribution in [-0.4, -0.2) is 0 Å². The molecule has 2 aromatic heterocycles. The zero-order chi connectivity index (χ0) is 16.0. The van der Waals surface area contributed by atoms with Crippen molar-refractivity contribution in [1.29, 1.82) is 0 Å². The van der Waals surface area contributed by atoms with E-state index in [0.29, 0.717) is 0 Å². The highest BCUT2D eigenvalue weighted by atomic mass is 32.1. The van der Waals surface area contributed by atoms with Crippen molar-refractivity contribution in [2.45, 2.75) is 13.8 Å². The van der Waals surface area contributed by atoms with Crippen LogP contribution in [0.15, 0.2) is 24.3 Å². The molecule has 6 heteroatoms. The van der Waals surface area contributed by atoms with E-state index in [0.717, 1.165) is 32.4 Å². The maximum atomic E-state index is 14.3. The van der Waals surface area contributed by atoms with Crippen molar-refractivity contribution in [2.75, 3.05) is 0 Å². The molecule has 0 unspecified atom stereocenters. The van der Waals surface area contributed by atoms with Crippen LogP contribution in [0.2, 0.25) is 0 Å². The Morgan fingerprint density at radius 1 is 0.591 bits per heavy atom. The third kappa shape index (κ3) is 2.36. The summed E-state index contributed by atoms with van der Waals surface area (Å²) < 4.78 is 57.3. The number of rotatable bonds is 2. The average Bonchev–Trinajstić information content (AvgIpc) is 3.07. The first kappa shape index (κ1) is 15.2. The van der Waals surface area contributed by atoms with E-state index in [1.807, 2.05) is 0 Å². The lowest BCUT2D eigenvalue weighted by Gasteiger charge is -2.10. The number of hydrogen-bond donors (Lipinski definition) is 0. The predicted octanol–water partition coefficient (Wildman–Crippen LogP) is 6.32. The van der Waals surface area contributed by atoms with Crippen molar-refractivity contribution < 1.29 is 17.6 Å². The number of thiophene rings is 2. The van der Waals surface area contributed by atoms with Gasteiger partial charge in [-0.3, -0.25) is 0 Å². The van der Waals surface area contributed by atoms with Gasteiger partial charge in [0.2, 0.25) is 0 Å². The highest BCUT2D eigenvalue weighted by Crippen LogP contribution is 2.40. The van der Waals surface area contributed by atoms with Gasteiger partial charge >= 0.3 is 0 Å². The Morgan fingerprint density at radius 3 is 1.14 bits per heavy atom. The van der Waals surface area contributed by atoms with Crippen LogP contribution in [0.4, 0.5) is 17.6 Å². The second-order valence-corrected chi connectivity index (χ2v) is 7.40. The van der Waals surface area contributed by atoms with Gasteiger partial charge in [-0.25, -0.2) is 17.6 Å². The van der Waals surface area contributed by atoms with Gasteiger partial charge < -0.3 is 0 Å². The highest BCUT2D eigenvalue weighted by Gasteiger charge is 2.28. The number of aryl methyl sites for hydroxylation is 2. The molecular formula is C16H10F4S2. The molecule has 0 amide bonds. The SMILES string of the molecule is Cc1ccc(-c2c(F)c(F)c(-c3ccc(C)s3)c(F)c2F)s1. The van der Waals surface area contributed by atoms with E-state index in [-0.39, 0.29) is 9.75 Å². The topological polar surface area (TPSA) is 0 Å². The van der Waals surface area contributed by atoms with E-state index in [9.17, 15) is 17.6 Å². The van der Waals surface area contributed by atoms with Crippen LogP contribution in [0.3, 0.4) is 0 Å². The van der Waals surface area contributed by atoms with Crippen LogP contribution < -0.4 is 0 Å². The van der Waals surface area contributed by atoms with Gasteiger partial charge in [-0.15, -0.1) is 22.7 Å². The van der Waals surface area contributed by atoms with Crippen LogP contribution in [0, 0.1) is 37.1 Å². The molecule has 114 valence electrons. The minimum atomic E-state index is -1.36.